The zero-order chi connectivity index (χ0) is 17.7. The molecule has 1 aromatic carbocycles. The van der Waals surface area contributed by atoms with Crippen LogP contribution in [0.3, 0.4) is 0 Å². The second kappa shape index (κ2) is 12.6. The summed E-state index contributed by atoms with van der Waals surface area (Å²) in [5, 5.41) is 16.6. The smallest absolute Gasteiger partial charge is 0.339 e. The summed E-state index contributed by atoms with van der Waals surface area (Å²) in [5.74, 6) is -1.33. The van der Waals surface area contributed by atoms with Gasteiger partial charge in [-0.2, -0.15) is 0 Å². The van der Waals surface area contributed by atoms with Crippen molar-refractivity contribution in [1.29, 1.82) is 0 Å². The van der Waals surface area contributed by atoms with E-state index in [9.17, 15) is 9.59 Å². The van der Waals surface area contributed by atoms with Crippen molar-refractivity contribution >= 4 is 11.9 Å². The molecule has 0 spiro atoms. The minimum absolute atomic E-state index is 0.0147. The van der Waals surface area contributed by atoms with E-state index >= 15 is 0 Å². The predicted molar refractivity (Wildman–Crippen MR) is 89.7 cm³/mol. The highest BCUT2D eigenvalue weighted by molar-refractivity contribution is 6.02. The third-order valence-corrected chi connectivity index (χ3v) is 3.37. The molecule has 0 aromatic heterocycles. The maximum Gasteiger partial charge on any atom is 0.339 e. The molecule has 0 aliphatic carbocycles. The lowest BCUT2D eigenvalue weighted by molar-refractivity contribution is 0.0420. The van der Waals surface area contributed by atoms with E-state index < -0.39 is 11.9 Å². The molecule has 0 radical (unpaired) electrons. The van der Waals surface area contributed by atoms with Crippen LogP contribution < -0.4 is 0 Å². The van der Waals surface area contributed by atoms with Gasteiger partial charge >= 0.3 is 11.9 Å². The first kappa shape index (κ1) is 21.1. The molecule has 0 saturated heterocycles. The van der Waals surface area contributed by atoms with E-state index in [1.165, 1.54) is 12.1 Å². The van der Waals surface area contributed by atoms with Gasteiger partial charge in [0, 0.05) is 6.61 Å². The number of aliphatic hydroxyl groups excluding tert-OH is 1. The standard InChI is InChI=1S/C16H22O4.C2H6O/c1-3-5-8-12(4-2)11-20-16(19)14-10-7-6-9-13(14)15(17)18;1-2-3/h6-7,9-10,12H,3-5,8,11H2,1-2H3,(H,17,18);3H,2H2,1H3. The van der Waals surface area contributed by atoms with Crippen LogP contribution in [-0.2, 0) is 4.74 Å². The van der Waals surface area contributed by atoms with Gasteiger partial charge in [0.1, 0.15) is 0 Å². The molecule has 1 rings (SSSR count). The van der Waals surface area contributed by atoms with Crippen molar-refractivity contribution in [2.75, 3.05) is 13.2 Å². The highest BCUT2D eigenvalue weighted by atomic mass is 16.5. The molecule has 0 heterocycles. The van der Waals surface area contributed by atoms with Crippen LogP contribution in [0.1, 0.15) is 67.2 Å². The lowest BCUT2D eigenvalue weighted by Gasteiger charge is -2.15. The van der Waals surface area contributed by atoms with Gasteiger partial charge in [0.05, 0.1) is 17.7 Å². The van der Waals surface area contributed by atoms with Gasteiger partial charge in [-0.05, 0) is 31.4 Å². The molecule has 1 aromatic rings. The molecule has 5 nitrogen and oxygen atoms in total. The Morgan fingerprint density at radius 3 is 2.17 bits per heavy atom. The summed E-state index contributed by atoms with van der Waals surface area (Å²) in [6.45, 7) is 6.48. The van der Waals surface area contributed by atoms with Crippen LogP contribution in [0.4, 0.5) is 0 Å². The van der Waals surface area contributed by atoms with E-state index in [1.807, 2.05) is 0 Å². The van der Waals surface area contributed by atoms with Gasteiger partial charge in [0.15, 0.2) is 0 Å². The van der Waals surface area contributed by atoms with Crippen molar-refractivity contribution < 1.29 is 24.5 Å². The summed E-state index contributed by atoms with van der Waals surface area (Å²) >= 11 is 0. The molecule has 23 heavy (non-hydrogen) atoms. The van der Waals surface area contributed by atoms with Crippen LogP contribution in [0.15, 0.2) is 24.3 Å². The number of hydrogen-bond donors (Lipinski definition) is 2. The molecule has 0 aliphatic rings. The third-order valence-electron chi connectivity index (χ3n) is 3.37. The lowest BCUT2D eigenvalue weighted by atomic mass is 10.0. The van der Waals surface area contributed by atoms with Gasteiger partial charge in [-0.15, -0.1) is 0 Å². The topological polar surface area (TPSA) is 83.8 Å². The van der Waals surface area contributed by atoms with Gasteiger partial charge in [0.25, 0.3) is 0 Å². The quantitative estimate of drug-likeness (QED) is 0.711. The van der Waals surface area contributed by atoms with Crippen LogP contribution >= 0.6 is 0 Å². The minimum atomic E-state index is -1.12. The predicted octanol–water partition coefficient (Wildman–Crippen LogP) is 3.76. The normalized spacial score (nSPS) is 11.1. The Morgan fingerprint density at radius 2 is 1.70 bits per heavy atom. The van der Waals surface area contributed by atoms with Crippen molar-refractivity contribution in [1.82, 2.24) is 0 Å². The first-order chi connectivity index (χ1) is 11.0. The first-order valence-electron chi connectivity index (χ1n) is 8.11. The number of aliphatic hydroxyl groups is 1. The maximum absolute atomic E-state index is 12.0. The largest absolute Gasteiger partial charge is 0.478 e. The number of esters is 1. The zero-order valence-electron chi connectivity index (χ0n) is 14.2. The highest BCUT2D eigenvalue weighted by Crippen LogP contribution is 2.15. The Kier molecular flexibility index (Phi) is 11.6. The van der Waals surface area contributed by atoms with Gasteiger partial charge in [-0.3, -0.25) is 0 Å². The average molecular weight is 324 g/mol. The van der Waals surface area contributed by atoms with Gasteiger partial charge in [-0.25, -0.2) is 9.59 Å². The Morgan fingerprint density at radius 1 is 1.13 bits per heavy atom. The molecule has 0 bridgehead atoms. The fourth-order valence-electron chi connectivity index (χ4n) is 2.02. The number of unbranched alkanes of at least 4 members (excludes halogenated alkanes) is 1. The fourth-order valence-corrected chi connectivity index (χ4v) is 2.02. The summed E-state index contributed by atoms with van der Waals surface area (Å²) in [5.41, 5.74) is 0.101. The Bertz CT molecular complexity index is 470. The highest BCUT2D eigenvalue weighted by Gasteiger charge is 2.18. The number of ether oxygens (including phenoxy) is 1. The SMILES string of the molecule is CCCCC(CC)COC(=O)c1ccccc1C(=O)O.CCO. The number of benzene rings is 1. The monoisotopic (exact) mass is 324 g/mol. The van der Waals surface area contributed by atoms with E-state index in [0.717, 1.165) is 25.7 Å². The van der Waals surface area contributed by atoms with Crippen LogP contribution in [0.5, 0.6) is 0 Å². The second-order valence-electron chi connectivity index (χ2n) is 5.18. The summed E-state index contributed by atoms with van der Waals surface area (Å²) in [4.78, 5) is 23.0. The molecule has 1 unspecified atom stereocenters. The number of carbonyl (C=O) groups is 2. The second-order valence-corrected chi connectivity index (χ2v) is 5.18. The van der Waals surface area contributed by atoms with Crippen molar-refractivity contribution in [2.24, 2.45) is 5.92 Å². The van der Waals surface area contributed by atoms with Crippen LogP contribution in [0.25, 0.3) is 0 Å². The molecular weight excluding hydrogens is 296 g/mol. The van der Waals surface area contributed by atoms with Crippen molar-refractivity contribution in [3.8, 4) is 0 Å². The van der Waals surface area contributed by atoms with E-state index in [0.29, 0.717) is 12.5 Å². The number of carboxylic acids is 1. The van der Waals surface area contributed by atoms with E-state index in [1.54, 1.807) is 19.1 Å². The molecule has 130 valence electrons. The van der Waals surface area contributed by atoms with E-state index in [-0.39, 0.29) is 17.7 Å². The third kappa shape index (κ3) is 8.35. The lowest BCUT2D eigenvalue weighted by Crippen LogP contribution is -2.16. The van der Waals surface area contributed by atoms with Crippen LogP contribution in [-0.4, -0.2) is 35.4 Å². The number of rotatable bonds is 8. The molecular formula is C18H28O5. The Hall–Kier alpha value is -1.88. The molecule has 2 N–H and O–H groups in total. The van der Waals surface area contributed by atoms with Crippen molar-refractivity contribution in [2.45, 2.75) is 46.5 Å². The summed E-state index contributed by atoms with van der Waals surface area (Å²) in [6.07, 6.45) is 4.21. The maximum atomic E-state index is 12.0. The Labute approximate surface area is 138 Å². The molecule has 0 aliphatic heterocycles. The summed E-state index contributed by atoms with van der Waals surface area (Å²) < 4.78 is 5.27. The molecule has 1 atom stereocenters. The average Bonchev–Trinajstić information content (AvgIpc) is 2.55. The molecule has 0 fully saturated rings. The fraction of sp³-hybridized carbons (Fsp3) is 0.556. The molecule has 5 heteroatoms. The number of carbonyl (C=O) groups excluding carboxylic acids is 1. The van der Waals surface area contributed by atoms with Gasteiger partial charge < -0.3 is 14.9 Å². The summed E-state index contributed by atoms with van der Waals surface area (Å²) in [7, 11) is 0. The minimum Gasteiger partial charge on any atom is -0.478 e. The summed E-state index contributed by atoms with van der Waals surface area (Å²) in [6, 6.07) is 6.12. The zero-order valence-corrected chi connectivity index (χ0v) is 14.2. The molecule has 0 saturated carbocycles. The number of carboxylic acid groups (broad SMARTS) is 1. The van der Waals surface area contributed by atoms with Crippen molar-refractivity contribution in [3.63, 3.8) is 0 Å². The Balaban J connectivity index is 0.00000149. The van der Waals surface area contributed by atoms with E-state index in [2.05, 4.69) is 13.8 Å². The van der Waals surface area contributed by atoms with E-state index in [4.69, 9.17) is 14.9 Å². The molecule has 0 amide bonds. The van der Waals surface area contributed by atoms with Gasteiger partial charge in [-0.1, -0.05) is 45.2 Å². The van der Waals surface area contributed by atoms with Crippen molar-refractivity contribution in [3.05, 3.63) is 35.4 Å². The van der Waals surface area contributed by atoms with Crippen LogP contribution in [0.2, 0.25) is 0 Å². The number of hydrogen-bond acceptors (Lipinski definition) is 4. The first-order valence-corrected chi connectivity index (χ1v) is 8.11. The number of aromatic carboxylic acids is 1. The van der Waals surface area contributed by atoms with Gasteiger partial charge in [0.2, 0.25) is 0 Å². The van der Waals surface area contributed by atoms with Crippen LogP contribution in [0, 0.1) is 5.92 Å².